The minimum absolute atomic E-state index is 0.0657. The molecule has 1 aromatic rings. The molecule has 0 aliphatic carbocycles. The highest BCUT2D eigenvalue weighted by Crippen LogP contribution is 2.16. The first-order valence-electron chi connectivity index (χ1n) is 6.12. The Balaban J connectivity index is 2.28. The Morgan fingerprint density at radius 2 is 2.15 bits per heavy atom. The molecule has 0 radical (unpaired) electrons. The summed E-state index contributed by atoms with van der Waals surface area (Å²) >= 11 is 0. The molecule has 0 fully saturated rings. The SMILES string of the molecule is COCCNCCNC(=O)Nc1cccc([N+](=O)[O-])c1. The number of benzene rings is 1. The van der Waals surface area contributed by atoms with Gasteiger partial charge in [-0.3, -0.25) is 10.1 Å². The molecule has 0 aliphatic rings. The first kappa shape index (κ1) is 15.9. The smallest absolute Gasteiger partial charge is 0.319 e. The standard InChI is InChI=1S/C12H18N4O4/c1-20-8-7-13-5-6-14-12(17)15-10-3-2-4-11(9-10)16(18)19/h2-4,9,13H,5-8H2,1H3,(H2,14,15,17). The molecule has 8 nitrogen and oxygen atoms in total. The molecule has 0 atom stereocenters. The van der Waals surface area contributed by atoms with Crippen LogP contribution in [-0.2, 0) is 4.74 Å². The number of amides is 2. The Morgan fingerprint density at radius 1 is 1.35 bits per heavy atom. The van der Waals surface area contributed by atoms with E-state index in [1.165, 1.54) is 18.2 Å². The van der Waals surface area contributed by atoms with Gasteiger partial charge in [-0.15, -0.1) is 0 Å². The number of nitro groups is 1. The summed E-state index contributed by atoms with van der Waals surface area (Å²) in [5, 5.41) is 18.8. The molecule has 0 heterocycles. The summed E-state index contributed by atoms with van der Waals surface area (Å²) in [6.45, 7) is 2.39. The summed E-state index contributed by atoms with van der Waals surface area (Å²) in [4.78, 5) is 21.6. The number of nitro benzene ring substituents is 1. The van der Waals surface area contributed by atoms with Crippen molar-refractivity contribution in [2.45, 2.75) is 0 Å². The van der Waals surface area contributed by atoms with Gasteiger partial charge in [0.25, 0.3) is 5.69 Å². The fourth-order valence-corrected chi connectivity index (χ4v) is 1.44. The van der Waals surface area contributed by atoms with Gasteiger partial charge in [0.1, 0.15) is 0 Å². The van der Waals surface area contributed by atoms with Gasteiger partial charge >= 0.3 is 6.03 Å². The molecule has 0 spiro atoms. The summed E-state index contributed by atoms with van der Waals surface area (Å²) in [7, 11) is 1.62. The van der Waals surface area contributed by atoms with Crippen LogP contribution in [0.5, 0.6) is 0 Å². The van der Waals surface area contributed by atoms with Crippen LogP contribution in [0, 0.1) is 10.1 Å². The monoisotopic (exact) mass is 282 g/mol. The van der Waals surface area contributed by atoms with Crippen LogP contribution in [-0.4, -0.2) is 44.3 Å². The Labute approximate surface area is 116 Å². The van der Waals surface area contributed by atoms with E-state index >= 15 is 0 Å². The molecule has 0 unspecified atom stereocenters. The third-order valence-corrected chi connectivity index (χ3v) is 2.39. The van der Waals surface area contributed by atoms with Gasteiger partial charge in [0.2, 0.25) is 0 Å². The Bertz CT molecular complexity index is 453. The van der Waals surface area contributed by atoms with E-state index in [1.807, 2.05) is 0 Å². The van der Waals surface area contributed by atoms with Gasteiger partial charge in [-0.1, -0.05) is 6.07 Å². The zero-order valence-corrected chi connectivity index (χ0v) is 11.2. The Hall–Kier alpha value is -2.19. The normalized spacial score (nSPS) is 10.1. The molecule has 8 heteroatoms. The number of methoxy groups -OCH3 is 1. The number of carbonyl (C=O) groups excluding carboxylic acids is 1. The molecular weight excluding hydrogens is 264 g/mol. The predicted octanol–water partition coefficient (Wildman–Crippen LogP) is 0.952. The average Bonchev–Trinajstić information content (AvgIpc) is 2.43. The third kappa shape index (κ3) is 6.12. The number of urea groups is 1. The quantitative estimate of drug-likeness (QED) is 0.374. The summed E-state index contributed by atoms with van der Waals surface area (Å²) in [5.74, 6) is 0. The summed E-state index contributed by atoms with van der Waals surface area (Å²) in [5.41, 5.74) is 0.313. The lowest BCUT2D eigenvalue weighted by Crippen LogP contribution is -2.35. The zero-order valence-electron chi connectivity index (χ0n) is 11.2. The largest absolute Gasteiger partial charge is 0.383 e. The van der Waals surface area contributed by atoms with Crippen molar-refractivity contribution >= 4 is 17.4 Å². The molecule has 0 saturated heterocycles. The van der Waals surface area contributed by atoms with E-state index in [0.29, 0.717) is 31.9 Å². The maximum absolute atomic E-state index is 11.5. The lowest BCUT2D eigenvalue weighted by molar-refractivity contribution is -0.384. The Morgan fingerprint density at radius 3 is 2.85 bits per heavy atom. The van der Waals surface area contributed by atoms with E-state index in [1.54, 1.807) is 13.2 Å². The summed E-state index contributed by atoms with van der Waals surface area (Å²) in [6.07, 6.45) is 0. The number of non-ortho nitro benzene ring substituents is 1. The first-order valence-corrected chi connectivity index (χ1v) is 6.12. The van der Waals surface area contributed by atoms with Gasteiger partial charge in [-0.2, -0.15) is 0 Å². The van der Waals surface area contributed by atoms with Crippen molar-refractivity contribution in [1.82, 2.24) is 10.6 Å². The number of ether oxygens (including phenoxy) is 1. The van der Waals surface area contributed by atoms with E-state index in [2.05, 4.69) is 16.0 Å². The van der Waals surface area contributed by atoms with Gasteiger partial charge in [-0.05, 0) is 6.07 Å². The second-order valence-electron chi connectivity index (χ2n) is 3.93. The van der Waals surface area contributed by atoms with Gasteiger partial charge < -0.3 is 20.7 Å². The molecule has 0 aliphatic heterocycles. The fourth-order valence-electron chi connectivity index (χ4n) is 1.44. The number of nitrogens with one attached hydrogen (secondary N) is 3. The molecule has 3 N–H and O–H groups in total. The van der Waals surface area contributed by atoms with Gasteiger partial charge in [0.05, 0.1) is 11.5 Å². The number of hydrogen-bond acceptors (Lipinski definition) is 5. The molecule has 0 saturated carbocycles. The van der Waals surface area contributed by atoms with Crippen LogP contribution in [0.1, 0.15) is 0 Å². The molecule has 110 valence electrons. The summed E-state index contributed by atoms with van der Waals surface area (Å²) in [6, 6.07) is 5.36. The highest BCUT2D eigenvalue weighted by molar-refractivity contribution is 5.89. The molecule has 20 heavy (non-hydrogen) atoms. The number of nitrogens with zero attached hydrogens (tertiary/aromatic N) is 1. The van der Waals surface area contributed by atoms with Gasteiger partial charge in [0.15, 0.2) is 0 Å². The predicted molar refractivity (Wildman–Crippen MR) is 74.9 cm³/mol. The fraction of sp³-hybridized carbons (Fsp3) is 0.417. The third-order valence-electron chi connectivity index (χ3n) is 2.39. The van der Waals surface area contributed by atoms with Crippen LogP contribution in [0.4, 0.5) is 16.2 Å². The highest BCUT2D eigenvalue weighted by Gasteiger charge is 2.07. The topological polar surface area (TPSA) is 106 Å². The van der Waals surface area contributed by atoms with Crippen molar-refractivity contribution in [3.05, 3.63) is 34.4 Å². The lowest BCUT2D eigenvalue weighted by atomic mass is 10.3. The van der Waals surface area contributed by atoms with Crippen molar-refractivity contribution in [3.63, 3.8) is 0 Å². The lowest BCUT2D eigenvalue weighted by Gasteiger charge is -2.08. The van der Waals surface area contributed by atoms with E-state index in [0.717, 1.165) is 0 Å². The van der Waals surface area contributed by atoms with Crippen LogP contribution in [0.15, 0.2) is 24.3 Å². The van der Waals surface area contributed by atoms with E-state index in [4.69, 9.17) is 4.74 Å². The molecule has 1 rings (SSSR count). The molecule has 0 bridgehead atoms. The van der Waals surface area contributed by atoms with E-state index < -0.39 is 11.0 Å². The van der Waals surface area contributed by atoms with Crippen LogP contribution >= 0.6 is 0 Å². The molecule has 0 aromatic heterocycles. The Kier molecular flexibility index (Phi) is 7.01. The first-order chi connectivity index (χ1) is 9.63. The average molecular weight is 282 g/mol. The van der Waals surface area contributed by atoms with Crippen molar-refractivity contribution in [1.29, 1.82) is 0 Å². The van der Waals surface area contributed by atoms with Crippen LogP contribution < -0.4 is 16.0 Å². The van der Waals surface area contributed by atoms with Gasteiger partial charge in [-0.25, -0.2) is 4.79 Å². The van der Waals surface area contributed by atoms with E-state index in [9.17, 15) is 14.9 Å². The van der Waals surface area contributed by atoms with Gasteiger partial charge in [0, 0.05) is 44.6 Å². The molecule has 2 amide bonds. The maximum atomic E-state index is 11.5. The minimum Gasteiger partial charge on any atom is -0.383 e. The van der Waals surface area contributed by atoms with Crippen molar-refractivity contribution in [2.24, 2.45) is 0 Å². The minimum atomic E-state index is -0.511. The highest BCUT2D eigenvalue weighted by atomic mass is 16.6. The molecule has 1 aromatic carbocycles. The number of rotatable bonds is 8. The zero-order chi connectivity index (χ0) is 14.8. The van der Waals surface area contributed by atoms with E-state index in [-0.39, 0.29) is 5.69 Å². The molecular formula is C12H18N4O4. The van der Waals surface area contributed by atoms with Crippen molar-refractivity contribution in [3.8, 4) is 0 Å². The number of anilines is 1. The second-order valence-corrected chi connectivity index (χ2v) is 3.93. The summed E-state index contributed by atoms with van der Waals surface area (Å²) < 4.78 is 4.86. The van der Waals surface area contributed by atoms with Crippen LogP contribution in [0.3, 0.4) is 0 Å². The number of hydrogen-bond donors (Lipinski definition) is 3. The van der Waals surface area contributed by atoms with Crippen molar-refractivity contribution < 1.29 is 14.5 Å². The van der Waals surface area contributed by atoms with Crippen molar-refractivity contribution in [2.75, 3.05) is 38.7 Å². The maximum Gasteiger partial charge on any atom is 0.319 e. The van der Waals surface area contributed by atoms with Crippen LogP contribution in [0.2, 0.25) is 0 Å². The second kappa shape index (κ2) is 8.83. The number of carbonyl (C=O) groups is 1. The van der Waals surface area contributed by atoms with Crippen LogP contribution in [0.25, 0.3) is 0 Å².